The zero-order valence-electron chi connectivity index (χ0n) is 14.5. The van der Waals surface area contributed by atoms with Crippen molar-refractivity contribution in [2.24, 2.45) is 11.8 Å². The monoisotopic (exact) mass is 332 g/mol. The van der Waals surface area contributed by atoms with Gasteiger partial charge in [0.15, 0.2) is 0 Å². The Bertz CT molecular complexity index is 565. The van der Waals surface area contributed by atoms with Gasteiger partial charge in [0.25, 0.3) is 0 Å². The van der Waals surface area contributed by atoms with Gasteiger partial charge in [-0.15, -0.1) is 0 Å². The number of anilines is 1. The van der Waals surface area contributed by atoms with Crippen LogP contribution in [0.2, 0.25) is 0 Å². The van der Waals surface area contributed by atoms with E-state index in [9.17, 15) is 14.7 Å². The quantitative estimate of drug-likeness (QED) is 0.718. The summed E-state index contributed by atoms with van der Waals surface area (Å²) in [7, 11) is 0. The van der Waals surface area contributed by atoms with Gasteiger partial charge in [-0.3, -0.25) is 9.59 Å². The van der Waals surface area contributed by atoms with Gasteiger partial charge in [0, 0.05) is 18.2 Å². The lowest BCUT2D eigenvalue weighted by atomic mass is 10.0. The zero-order chi connectivity index (χ0) is 17.5. The van der Waals surface area contributed by atoms with Crippen LogP contribution in [0.3, 0.4) is 0 Å². The Balaban J connectivity index is 1.83. The van der Waals surface area contributed by atoms with Crippen LogP contribution in [-0.2, 0) is 16.1 Å². The van der Waals surface area contributed by atoms with Crippen molar-refractivity contribution in [3.63, 3.8) is 0 Å². The van der Waals surface area contributed by atoms with E-state index in [1.807, 2.05) is 38.1 Å². The Morgan fingerprint density at radius 3 is 2.62 bits per heavy atom. The predicted molar refractivity (Wildman–Crippen MR) is 94.3 cm³/mol. The highest BCUT2D eigenvalue weighted by Gasteiger charge is 2.22. The molecular weight excluding hydrogens is 304 g/mol. The smallest absolute Gasteiger partial charge is 0.227 e. The second kappa shape index (κ2) is 8.83. The van der Waals surface area contributed by atoms with E-state index in [4.69, 9.17) is 0 Å². The number of carbonyl (C=O) groups excluding carboxylic acids is 2. The van der Waals surface area contributed by atoms with Gasteiger partial charge in [-0.1, -0.05) is 38.8 Å². The van der Waals surface area contributed by atoms with Gasteiger partial charge in [0.05, 0.1) is 12.5 Å². The minimum absolute atomic E-state index is 0.0601. The Kier molecular flexibility index (Phi) is 6.79. The number of aliphatic hydroxyl groups is 1. The highest BCUT2D eigenvalue weighted by molar-refractivity contribution is 5.92. The molecular formula is C19H28N2O3. The van der Waals surface area contributed by atoms with Crippen molar-refractivity contribution in [1.29, 1.82) is 0 Å². The average Bonchev–Trinajstić information content (AvgIpc) is 3.08. The molecule has 2 amide bonds. The number of carbonyl (C=O) groups is 2. The van der Waals surface area contributed by atoms with Crippen LogP contribution in [0.25, 0.3) is 0 Å². The lowest BCUT2D eigenvalue weighted by molar-refractivity contribution is -0.123. The summed E-state index contributed by atoms with van der Waals surface area (Å²) in [5, 5.41) is 15.5. The second-order valence-corrected chi connectivity index (χ2v) is 6.96. The van der Waals surface area contributed by atoms with Gasteiger partial charge >= 0.3 is 0 Å². The van der Waals surface area contributed by atoms with Crippen molar-refractivity contribution >= 4 is 17.5 Å². The van der Waals surface area contributed by atoms with Crippen LogP contribution in [0.4, 0.5) is 5.69 Å². The molecule has 1 aromatic carbocycles. The number of amides is 2. The molecule has 1 atom stereocenters. The molecule has 0 spiro atoms. The van der Waals surface area contributed by atoms with Crippen molar-refractivity contribution in [3.8, 4) is 0 Å². The van der Waals surface area contributed by atoms with E-state index in [1.54, 1.807) is 0 Å². The first-order valence-corrected chi connectivity index (χ1v) is 8.80. The topological polar surface area (TPSA) is 78.4 Å². The fourth-order valence-corrected chi connectivity index (χ4v) is 2.89. The number of aliphatic hydroxyl groups excluding tert-OH is 1. The molecule has 1 aliphatic rings. The maximum Gasteiger partial charge on any atom is 0.227 e. The third kappa shape index (κ3) is 5.64. The number of benzene rings is 1. The predicted octanol–water partition coefficient (Wildman–Crippen LogP) is 2.84. The second-order valence-electron chi connectivity index (χ2n) is 6.96. The maximum atomic E-state index is 12.2. The number of nitrogens with one attached hydrogen (secondary N) is 2. The normalized spacial score (nSPS) is 16.2. The fraction of sp³-hybridized carbons (Fsp3) is 0.579. The van der Waals surface area contributed by atoms with E-state index in [0.717, 1.165) is 36.9 Å². The molecule has 0 bridgehead atoms. The summed E-state index contributed by atoms with van der Waals surface area (Å²) in [4.78, 5) is 24.0. The minimum atomic E-state index is -0.623. The molecule has 3 N–H and O–H groups in total. The number of hydrogen-bond donors (Lipinski definition) is 3. The van der Waals surface area contributed by atoms with Gasteiger partial charge < -0.3 is 15.7 Å². The van der Waals surface area contributed by atoms with E-state index in [0.29, 0.717) is 6.54 Å². The van der Waals surface area contributed by atoms with Crippen LogP contribution in [0.1, 0.15) is 51.5 Å². The molecule has 2 rings (SSSR count). The summed E-state index contributed by atoms with van der Waals surface area (Å²) in [6.07, 6.45) is 3.69. The summed E-state index contributed by atoms with van der Waals surface area (Å²) < 4.78 is 0. The summed E-state index contributed by atoms with van der Waals surface area (Å²) in [5.74, 6) is 0.112. The molecule has 1 aliphatic carbocycles. The lowest BCUT2D eigenvalue weighted by Crippen LogP contribution is -2.29. The molecule has 0 aromatic heterocycles. The van der Waals surface area contributed by atoms with Gasteiger partial charge in [-0.25, -0.2) is 0 Å². The van der Waals surface area contributed by atoms with Crippen LogP contribution >= 0.6 is 0 Å². The van der Waals surface area contributed by atoms with Crippen molar-refractivity contribution in [1.82, 2.24) is 5.32 Å². The molecule has 5 heteroatoms. The van der Waals surface area contributed by atoms with Gasteiger partial charge in [0.2, 0.25) is 11.8 Å². The lowest BCUT2D eigenvalue weighted by Gasteiger charge is -2.14. The molecule has 1 unspecified atom stereocenters. The molecule has 0 heterocycles. The Hall–Kier alpha value is -1.88. The third-order valence-corrected chi connectivity index (χ3v) is 4.57. The third-order valence-electron chi connectivity index (χ3n) is 4.57. The van der Waals surface area contributed by atoms with Gasteiger partial charge in [0.1, 0.15) is 0 Å². The largest absolute Gasteiger partial charge is 0.392 e. The first kappa shape index (κ1) is 18.5. The summed E-state index contributed by atoms with van der Waals surface area (Å²) >= 11 is 0. The summed E-state index contributed by atoms with van der Waals surface area (Å²) in [6, 6.07) is 7.52. The Morgan fingerprint density at radius 2 is 1.96 bits per heavy atom. The Labute approximate surface area is 143 Å². The van der Waals surface area contributed by atoms with Crippen LogP contribution in [0.5, 0.6) is 0 Å². The standard InChI is InChI=1S/C19H28N2O3/c1-13(2)17(22)11-18(23)20-12-14-6-5-9-16(10-14)21-19(24)15-7-3-4-8-15/h5-6,9-10,13,15,17,22H,3-4,7-8,11-12H2,1-2H3,(H,20,23)(H,21,24). The van der Waals surface area contributed by atoms with Crippen molar-refractivity contribution < 1.29 is 14.7 Å². The highest BCUT2D eigenvalue weighted by Crippen LogP contribution is 2.26. The zero-order valence-corrected chi connectivity index (χ0v) is 14.5. The SMILES string of the molecule is CC(C)C(O)CC(=O)NCc1cccc(NC(=O)C2CCCC2)c1. The molecule has 24 heavy (non-hydrogen) atoms. The van der Waals surface area contributed by atoms with Crippen molar-refractivity contribution in [2.75, 3.05) is 5.32 Å². The number of hydrogen-bond acceptors (Lipinski definition) is 3. The molecule has 0 radical (unpaired) electrons. The maximum absolute atomic E-state index is 12.2. The molecule has 1 aromatic rings. The first-order chi connectivity index (χ1) is 11.5. The number of rotatable bonds is 7. The Morgan fingerprint density at radius 1 is 1.25 bits per heavy atom. The summed E-state index contributed by atoms with van der Waals surface area (Å²) in [6.45, 7) is 4.15. The summed E-state index contributed by atoms with van der Waals surface area (Å²) in [5.41, 5.74) is 1.69. The van der Waals surface area contributed by atoms with Crippen LogP contribution < -0.4 is 10.6 Å². The van der Waals surface area contributed by atoms with E-state index in [2.05, 4.69) is 10.6 Å². The molecule has 1 fully saturated rings. The highest BCUT2D eigenvalue weighted by atomic mass is 16.3. The molecule has 132 valence electrons. The van der Waals surface area contributed by atoms with Crippen LogP contribution in [-0.4, -0.2) is 23.0 Å². The van der Waals surface area contributed by atoms with E-state index in [-0.39, 0.29) is 30.1 Å². The van der Waals surface area contributed by atoms with E-state index in [1.165, 1.54) is 0 Å². The van der Waals surface area contributed by atoms with Crippen LogP contribution in [0.15, 0.2) is 24.3 Å². The fourth-order valence-electron chi connectivity index (χ4n) is 2.89. The van der Waals surface area contributed by atoms with E-state index < -0.39 is 6.10 Å². The molecule has 1 saturated carbocycles. The van der Waals surface area contributed by atoms with Crippen molar-refractivity contribution in [3.05, 3.63) is 29.8 Å². The molecule has 0 saturated heterocycles. The first-order valence-electron chi connectivity index (χ1n) is 8.80. The van der Waals surface area contributed by atoms with Crippen molar-refractivity contribution in [2.45, 2.75) is 58.6 Å². The molecule has 0 aliphatic heterocycles. The average molecular weight is 332 g/mol. The molecule has 5 nitrogen and oxygen atoms in total. The minimum Gasteiger partial charge on any atom is -0.392 e. The van der Waals surface area contributed by atoms with Gasteiger partial charge in [-0.2, -0.15) is 0 Å². The van der Waals surface area contributed by atoms with Crippen LogP contribution in [0, 0.1) is 11.8 Å². The van der Waals surface area contributed by atoms with E-state index >= 15 is 0 Å². The van der Waals surface area contributed by atoms with Gasteiger partial charge in [-0.05, 0) is 36.5 Å².